The third kappa shape index (κ3) is 21.0. The van der Waals surface area contributed by atoms with Crippen molar-refractivity contribution in [1.29, 1.82) is 0 Å². The van der Waals surface area contributed by atoms with Crippen molar-refractivity contribution in [3.63, 3.8) is 0 Å². The molecule has 56 heavy (non-hydrogen) atoms. The Labute approximate surface area is 326 Å². The summed E-state index contributed by atoms with van der Waals surface area (Å²) in [6.45, 7) is 1.80. The normalized spacial score (nSPS) is 12.1. The van der Waals surface area contributed by atoms with Gasteiger partial charge in [-0.05, 0) is 108 Å². The zero-order valence-corrected chi connectivity index (χ0v) is 31.9. The van der Waals surface area contributed by atoms with Crippen molar-refractivity contribution in [2.24, 2.45) is 20.4 Å². The highest BCUT2D eigenvalue weighted by Gasteiger charge is 2.29. The van der Waals surface area contributed by atoms with Crippen molar-refractivity contribution < 1.29 is 35.8 Å². The largest absolute Gasteiger partial charge is 0.484 e. The number of unbranched alkanes of at least 4 members (excludes halogenated alkanes) is 6. The maximum atomic E-state index is 12.1. The highest BCUT2D eigenvalue weighted by Crippen LogP contribution is 2.20. The molecule has 0 bridgehead atoms. The zero-order valence-electron chi connectivity index (χ0n) is 31.9. The lowest BCUT2D eigenvalue weighted by atomic mass is 10.0. The Bertz CT molecular complexity index is 1770. The van der Waals surface area contributed by atoms with Gasteiger partial charge in [0.2, 0.25) is 0 Å². The second-order valence-electron chi connectivity index (χ2n) is 13.0. The van der Waals surface area contributed by atoms with Gasteiger partial charge >= 0.3 is 12.4 Å². The Balaban J connectivity index is 0.000000301. The molecule has 0 aliphatic rings. The van der Waals surface area contributed by atoms with Crippen molar-refractivity contribution >= 4 is 24.9 Å². The topological polar surface area (TPSA) is 67.9 Å². The van der Waals surface area contributed by atoms with E-state index in [0.717, 1.165) is 35.1 Å². The van der Waals surface area contributed by atoms with Crippen LogP contribution in [0, 0.1) is 0 Å². The van der Waals surface area contributed by atoms with Crippen LogP contribution in [0.25, 0.3) is 0 Å². The van der Waals surface area contributed by atoms with E-state index in [9.17, 15) is 26.3 Å². The molecule has 0 aromatic heterocycles. The zero-order chi connectivity index (χ0) is 40.5. The highest BCUT2D eigenvalue weighted by atomic mass is 19.4. The summed E-state index contributed by atoms with van der Waals surface area (Å²) in [5.41, 5.74) is 6.01. The summed E-state index contributed by atoms with van der Waals surface area (Å²) in [4.78, 5) is 0. The van der Waals surface area contributed by atoms with Gasteiger partial charge in [-0.25, -0.2) is 0 Å². The van der Waals surface area contributed by atoms with Gasteiger partial charge in [0.1, 0.15) is 11.5 Å². The molecule has 0 N–H and O–H groups in total. The van der Waals surface area contributed by atoms with Crippen LogP contribution in [0.2, 0.25) is 0 Å². The molecule has 6 nitrogen and oxygen atoms in total. The SMILES string of the molecule is CCCCCCCc1ccc(C=NN=Cc2ccc(OCC(F)(F)F)cc2)cc1.CCCCCc1ccc(C=NN=Cc2ccc(OCC(F)(F)F)cc2)cc1. The predicted molar refractivity (Wildman–Crippen MR) is 215 cm³/mol. The number of rotatable bonds is 20. The minimum absolute atomic E-state index is 0.159. The maximum absolute atomic E-state index is 12.1. The first-order valence-corrected chi connectivity index (χ1v) is 18.8. The van der Waals surface area contributed by atoms with Crippen molar-refractivity contribution in [1.82, 2.24) is 0 Å². The number of alkyl halides is 6. The number of hydrogen-bond acceptors (Lipinski definition) is 6. The van der Waals surface area contributed by atoms with E-state index < -0.39 is 25.6 Å². The van der Waals surface area contributed by atoms with E-state index in [1.807, 2.05) is 24.3 Å². The average molecular weight is 781 g/mol. The molecule has 4 aromatic carbocycles. The molecule has 0 aliphatic carbocycles. The van der Waals surface area contributed by atoms with Crippen molar-refractivity contribution in [3.05, 3.63) is 130 Å². The van der Waals surface area contributed by atoms with Crippen LogP contribution in [0.1, 0.15) is 98.6 Å². The first-order valence-electron chi connectivity index (χ1n) is 18.8. The minimum Gasteiger partial charge on any atom is -0.484 e. The van der Waals surface area contributed by atoms with Crippen LogP contribution >= 0.6 is 0 Å². The standard InChI is InChI=1S/C23H27F3N2O.C21H23F3N2O/c1-2-3-4-5-6-7-19-8-10-20(11-9-19)16-27-28-17-21-12-14-22(15-13-21)29-18-23(24,25)26;1-2-3-4-5-17-6-8-18(9-7-17)14-25-26-15-19-10-12-20(13-11-19)27-16-21(22,23)24/h8-17H,2-7,18H2,1H3;6-15H,2-5,16H2,1H3. The lowest BCUT2D eigenvalue weighted by Crippen LogP contribution is -2.19. The van der Waals surface area contributed by atoms with Crippen molar-refractivity contribution in [2.75, 3.05) is 13.2 Å². The molecule has 0 spiro atoms. The predicted octanol–water partition coefficient (Wildman–Crippen LogP) is 12.4. The number of aryl methyl sites for hydroxylation is 2. The third-order valence-corrected chi connectivity index (χ3v) is 8.12. The summed E-state index contributed by atoms with van der Waals surface area (Å²) in [6, 6.07) is 28.8. The van der Waals surface area contributed by atoms with Gasteiger partial charge in [0.25, 0.3) is 0 Å². The van der Waals surface area contributed by atoms with E-state index in [0.29, 0.717) is 0 Å². The molecule has 0 saturated carbocycles. The minimum atomic E-state index is -4.35. The molecule has 0 aliphatic heterocycles. The molecule has 0 saturated heterocycles. The fraction of sp³-hybridized carbons (Fsp3) is 0.364. The monoisotopic (exact) mass is 780 g/mol. The quantitative estimate of drug-likeness (QED) is 0.0388. The molecule has 12 heteroatoms. The molecule has 0 atom stereocenters. The van der Waals surface area contributed by atoms with Gasteiger partial charge in [-0.2, -0.15) is 46.7 Å². The number of nitrogens with zero attached hydrogens (tertiary/aromatic N) is 4. The highest BCUT2D eigenvalue weighted by molar-refractivity contribution is 5.83. The summed E-state index contributed by atoms with van der Waals surface area (Å²) in [7, 11) is 0. The molecule has 0 radical (unpaired) electrons. The van der Waals surface area contributed by atoms with Crippen molar-refractivity contribution in [2.45, 2.75) is 90.4 Å². The first-order chi connectivity index (χ1) is 26.9. The van der Waals surface area contributed by atoms with Gasteiger partial charge in [-0.1, -0.05) is 101 Å². The van der Waals surface area contributed by atoms with Crippen LogP contribution in [0.5, 0.6) is 11.5 Å². The number of ether oxygens (including phenoxy) is 2. The molecule has 300 valence electrons. The van der Waals surface area contributed by atoms with Gasteiger partial charge in [-0.15, -0.1) is 0 Å². The average Bonchev–Trinajstić information content (AvgIpc) is 3.18. The van der Waals surface area contributed by atoms with E-state index >= 15 is 0 Å². The summed E-state index contributed by atoms with van der Waals surface area (Å²) < 4.78 is 82.0. The van der Waals surface area contributed by atoms with E-state index in [2.05, 4.69) is 68.0 Å². The molecular formula is C44H50F6N4O2. The second kappa shape index (κ2) is 25.0. The number of halogens is 6. The summed E-state index contributed by atoms with van der Waals surface area (Å²) in [6.07, 6.45) is 9.94. The Kier molecular flexibility index (Phi) is 20.2. The van der Waals surface area contributed by atoms with Crippen molar-refractivity contribution in [3.8, 4) is 11.5 Å². The van der Waals surface area contributed by atoms with Crippen LogP contribution in [0.3, 0.4) is 0 Å². The molecular weight excluding hydrogens is 730 g/mol. The Morgan fingerprint density at radius 2 is 0.696 bits per heavy atom. The van der Waals surface area contributed by atoms with Gasteiger partial charge in [0, 0.05) is 0 Å². The maximum Gasteiger partial charge on any atom is 0.422 e. The van der Waals surface area contributed by atoms with Crippen LogP contribution < -0.4 is 9.47 Å². The molecule has 0 amide bonds. The van der Waals surface area contributed by atoms with Crippen LogP contribution in [-0.2, 0) is 12.8 Å². The Hall–Kier alpha value is -5.26. The fourth-order valence-electron chi connectivity index (χ4n) is 5.08. The van der Waals surface area contributed by atoms with Crippen LogP contribution in [0.4, 0.5) is 26.3 Å². The molecule has 4 rings (SSSR count). The third-order valence-electron chi connectivity index (χ3n) is 8.12. The molecule has 0 heterocycles. The number of hydrogen-bond donors (Lipinski definition) is 0. The summed E-state index contributed by atoms with van der Waals surface area (Å²) in [5.74, 6) is 0.320. The van der Waals surface area contributed by atoms with E-state index in [-0.39, 0.29) is 11.5 Å². The summed E-state index contributed by atoms with van der Waals surface area (Å²) >= 11 is 0. The second-order valence-corrected chi connectivity index (χ2v) is 13.0. The van der Waals surface area contributed by atoms with Crippen LogP contribution in [-0.4, -0.2) is 50.4 Å². The molecule has 0 fully saturated rings. The number of benzene rings is 4. The fourth-order valence-corrected chi connectivity index (χ4v) is 5.08. The van der Waals surface area contributed by atoms with Gasteiger partial charge in [0.05, 0.1) is 24.9 Å². The lowest BCUT2D eigenvalue weighted by molar-refractivity contribution is -0.154. The first kappa shape index (κ1) is 45.1. The van der Waals surface area contributed by atoms with Gasteiger partial charge < -0.3 is 9.47 Å². The van der Waals surface area contributed by atoms with Gasteiger partial charge in [0.15, 0.2) is 13.2 Å². The molecule has 0 unspecified atom stereocenters. The smallest absolute Gasteiger partial charge is 0.422 e. The van der Waals surface area contributed by atoms with E-state index in [1.54, 1.807) is 36.7 Å². The summed E-state index contributed by atoms with van der Waals surface area (Å²) in [5, 5.41) is 15.9. The van der Waals surface area contributed by atoms with Crippen LogP contribution in [0.15, 0.2) is 117 Å². The van der Waals surface area contributed by atoms with Gasteiger partial charge in [-0.3, -0.25) is 0 Å². The lowest BCUT2D eigenvalue weighted by Gasteiger charge is -2.08. The Morgan fingerprint density at radius 3 is 1.02 bits per heavy atom. The molecule has 4 aromatic rings. The van der Waals surface area contributed by atoms with E-state index in [4.69, 9.17) is 0 Å². The Morgan fingerprint density at radius 1 is 0.411 bits per heavy atom. The van der Waals surface area contributed by atoms with E-state index in [1.165, 1.54) is 99.2 Å².